The number of hydrogen-bond donors (Lipinski definition) is 3. The van der Waals surface area contributed by atoms with Gasteiger partial charge in [-0.3, -0.25) is 4.79 Å². The Bertz CT molecular complexity index is 505. The molecule has 0 aromatic heterocycles. The predicted octanol–water partition coefficient (Wildman–Crippen LogP) is 4.17. The molecule has 6 heteroatoms. The first-order chi connectivity index (χ1) is 10.5. The van der Waals surface area contributed by atoms with Crippen LogP contribution in [0, 0.1) is 0 Å². The minimum Gasteiger partial charge on any atom is -0.507 e. The molecule has 0 unspecified atom stereocenters. The summed E-state index contributed by atoms with van der Waals surface area (Å²) in [6.07, 6.45) is 8.47. The molecule has 0 atom stereocenters. The van der Waals surface area contributed by atoms with Gasteiger partial charge in [-0.15, -0.1) is 0 Å². The molecule has 1 amide bonds. The van der Waals surface area contributed by atoms with Crippen LogP contribution < -0.4 is 5.32 Å². The zero-order valence-corrected chi connectivity index (χ0v) is 16.8. The minimum atomic E-state index is -1.20. The number of unbranched alkanes of at least 4 members (excludes halogenated alkanes) is 6. The molecule has 0 spiro atoms. The van der Waals surface area contributed by atoms with Gasteiger partial charge in [-0.05, 0) is 18.6 Å². The van der Waals surface area contributed by atoms with E-state index in [9.17, 15) is 14.7 Å². The number of hydrogen-bond acceptors (Lipinski definition) is 3. The smallest absolute Gasteiger partial charge is 0.339 e. The van der Waals surface area contributed by atoms with Gasteiger partial charge in [-0.2, -0.15) is 0 Å². The summed E-state index contributed by atoms with van der Waals surface area (Å²) in [6, 6.07) is 4.01. The average molecular weight is 373 g/mol. The second kappa shape index (κ2) is 12.1. The van der Waals surface area contributed by atoms with Crippen molar-refractivity contribution in [2.24, 2.45) is 0 Å². The summed E-state index contributed by atoms with van der Waals surface area (Å²) in [6.45, 7) is 2.19. The molecule has 1 aromatic rings. The quantitative estimate of drug-likeness (QED) is 0.425. The topological polar surface area (TPSA) is 86.6 Å². The molecule has 0 saturated carbocycles. The van der Waals surface area contributed by atoms with E-state index in [1.165, 1.54) is 43.9 Å². The van der Waals surface area contributed by atoms with E-state index in [1.54, 1.807) is 0 Å². The van der Waals surface area contributed by atoms with Crippen LogP contribution in [-0.2, 0) is 24.3 Å². The molecule has 0 heterocycles. The van der Waals surface area contributed by atoms with E-state index < -0.39 is 5.97 Å². The Morgan fingerprint density at radius 3 is 2.22 bits per heavy atom. The van der Waals surface area contributed by atoms with Gasteiger partial charge in [0, 0.05) is 37.7 Å². The summed E-state index contributed by atoms with van der Waals surface area (Å²) in [5.74, 6) is -1.66. The molecule has 0 radical (unpaired) electrons. The molecule has 0 saturated heterocycles. The molecular weight excluding hydrogens is 348 g/mol. The zero-order chi connectivity index (χ0) is 16.4. The molecular formula is C17H25NO4Zn. The van der Waals surface area contributed by atoms with Crippen molar-refractivity contribution in [3.63, 3.8) is 0 Å². The monoisotopic (exact) mass is 371 g/mol. The van der Waals surface area contributed by atoms with Crippen molar-refractivity contribution < 1.29 is 39.3 Å². The van der Waals surface area contributed by atoms with Crippen molar-refractivity contribution in [1.82, 2.24) is 0 Å². The molecule has 5 nitrogen and oxygen atoms in total. The summed E-state index contributed by atoms with van der Waals surface area (Å²) in [5, 5.41) is 21.0. The first kappa shape index (κ1) is 21.6. The van der Waals surface area contributed by atoms with Gasteiger partial charge in [0.1, 0.15) is 11.3 Å². The van der Waals surface area contributed by atoms with E-state index in [0.29, 0.717) is 12.1 Å². The predicted molar refractivity (Wildman–Crippen MR) is 86.3 cm³/mol. The number of aromatic carboxylic acids is 1. The molecule has 1 rings (SSSR count). The van der Waals surface area contributed by atoms with Crippen molar-refractivity contribution in [2.75, 3.05) is 5.32 Å². The SMILES string of the molecule is CCCCCCCCCC(=O)Nc1ccc(C(=O)O)c(O)c1.[Zn]. The van der Waals surface area contributed by atoms with Crippen LogP contribution in [0.1, 0.15) is 68.6 Å². The van der Waals surface area contributed by atoms with Gasteiger partial charge in [0.15, 0.2) is 0 Å². The van der Waals surface area contributed by atoms with Crippen LogP contribution in [0.2, 0.25) is 0 Å². The number of phenols is 1. The van der Waals surface area contributed by atoms with E-state index in [0.717, 1.165) is 19.3 Å². The van der Waals surface area contributed by atoms with Crippen LogP contribution >= 0.6 is 0 Å². The Hall–Kier alpha value is -1.42. The second-order valence-electron chi connectivity index (χ2n) is 5.46. The Labute approximate surface area is 150 Å². The number of nitrogens with one attached hydrogen (secondary N) is 1. The molecule has 3 N–H and O–H groups in total. The van der Waals surface area contributed by atoms with Crippen LogP contribution in [-0.4, -0.2) is 22.1 Å². The van der Waals surface area contributed by atoms with Crippen LogP contribution in [0.4, 0.5) is 5.69 Å². The molecule has 0 fully saturated rings. The number of benzene rings is 1. The van der Waals surface area contributed by atoms with Crippen LogP contribution in [0.25, 0.3) is 0 Å². The third-order valence-corrected chi connectivity index (χ3v) is 3.52. The summed E-state index contributed by atoms with van der Waals surface area (Å²) in [5.41, 5.74) is 0.237. The fourth-order valence-electron chi connectivity index (χ4n) is 2.26. The van der Waals surface area contributed by atoms with Gasteiger partial charge in [0.25, 0.3) is 0 Å². The molecule has 0 aliphatic carbocycles. The standard InChI is InChI=1S/C17H25NO4.Zn/c1-2-3-4-5-6-7-8-9-16(20)18-13-10-11-14(17(21)22)15(19)12-13;/h10-12,19H,2-9H2,1H3,(H,18,20)(H,21,22);. The van der Waals surface area contributed by atoms with E-state index in [2.05, 4.69) is 12.2 Å². The second-order valence-corrected chi connectivity index (χ2v) is 5.46. The van der Waals surface area contributed by atoms with Gasteiger partial charge in [0.05, 0.1) is 0 Å². The van der Waals surface area contributed by atoms with E-state index in [4.69, 9.17) is 5.11 Å². The zero-order valence-electron chi connectivity index (χ0n) is 13.8. The van der Waals surface area contributed by atoms with E-state index in [1.807, 2.05) is 0 Å². The number of aromatic hydroxyl groups is 1. The summed E-state index contributed by atoms with van der Waals surface area (Å²) < 4.78 is 0. The minimum absolute atomic E-state index is 0. The molecule has 1 aromatic carbocycles. The maximum absolute atomic E-state index is 11.8. The Morgan fingerprint density at radius 2 is 1.65 bits per heavy atom. The van der Waals surface area contributed by atoms with Crippen molar-refractivity contribution >= 4 is 17.6 Å². The molecule has 124 valence electrons. The van der Waals surface area contributed by atoms with Crippen LogP contribution in [0.3, 0.4) is 0 Å². The largest absolute Gasteiger partial charge is 0.507 e. The first-order valence-corrected chi connectivity index (χ1v) is 7.90. The molecule has 0 aliphatic heterocycles. The molecule has 0 aliphatic rings. The Kier molecular flexibility index (Phi) is 11.3. The van der Waals surface area contributed by atoms with Gasteiger partial charge in [-0.25, -0.2) is 4.79 Å². The number of amides is 1. The van der Waals surface area contributed by atoms with Crippen molar-refractivity contribution in [1.29, 1.82) is 0 Å². The molecule has 23 heavy (non-hydrogen) atoms. The van der Waals surface area contributed by atoms with Crippen LogP contribution in [0.15, 0.2) is 18.2 Å². The van der Waals surface area contributed by atoms with E-state index >= 15 is 0 Å². The summed E-state index contributed by atoms with van der Waals surface area (Å²) >= 11 is 0. The first-order valence-electron chi connectivity index (χ1n) is 7.90. The van der Waals surface area contributed by atoms with Gasteiger partial charge < -0.3 is 15.5 Å². The normalized spacial score (nSPS) is 9.96. The third kappa shape index (κ3) is 8.70. The third-order valence-electron chi connectivity index (χ3n) is 3.52. The maximum Gasteiger partial charge on any atom is 0.339 e. The van der Waals surface area contributed by atoms with Crippen molar-refractivity contribution in [2.45, 2.75) is 58.3 Å². The fraction of sp³-hybridized carbons (Fsp3) is 0.529. The Morgan fingerprint density at radius 1 is 1.04 bits per heavy atom. The number of carboxylic acid groups (broad SMARTS) is 1. The van der Waals surface area contributed by atoms with Gasteiger partial charge in [-0.1, -0.05) is 45.4 Å². The fourth-order valence-corrected chi connectivity index (χ4v) is 2.26. The van der Waals surface area contributed by atoms with Crippen molar-refractivity contribution in [3.05, 3.63) is 23.8 Å². The number of carboxylic acids is 1. The summed E-state index contributed by atoms with van der Waals surface area (Å²) in [7, 11) is 0. The maximum atomic E-state index is 11.8. The van der Waals surface area contributed by atoms with Gasteiger partial charge in [0.2, 0.25) is 5.91 Å². The molecule has 0 bridgehead atoms. The van der Waals surface area contributed by atoms with Crippen LogP contribution in [0.5, 0.6) is 5.75 Å². The average Bonchev–Trinajstić information content (AvgIpc) is 2.46. The number of rotatable bonds is 10. The Balaban J connectivity index is 0.00000484. The van der Waals surface area contributed by atoms with Gasteiger partial charge >= 0.3 is 5.97 Å². The van der Waals surface area contributed by atoms with E-state index in [-0.39, 0.29) is 36.7 Å². The number of anilines is 1. The number of carbonyl (C=O) groups is 2. The number of carbonyl (C=O) groups excluding carboxylic acids is 1. The summed E-state index contributed by atoms with van der Waals surface area (Å²) in [4.78, 5) is 22.5. The van der Waals surface area contributed by atoms with Crippen molar-refractivity contribution in [3.8, 4) is 5.75 Å².